The molecule has 0 fully saturated rings. The standard InChI is InChI=1S/C8H3ClF5NO3/c9-5-4(18-8(12,13)14)2(7(16)17)1-3(15-5)6(10)11/h1,6H,(H,16,17). The molecule has 1 rings (SSSR count). The lowest BCUT2D eigenvalue weighted by Crippen LogP contribution is -2.20. The molecule has 0 unspecified atom stereocenters. The van der Waals surface area contributed by atoms with Gasteiger partial charge in [0.25, 0.3) is 6.43 Å². The first-order valence-corrected chi connectivity index (χ1v) is 4.47. The van der Waals surface area contributed by atoms with E-state index in [2.05, 4.69) is 9.72 Å². The predicted octanol–water partition coefficient (Wildman–Crippen LogP) is 3.27. The third-order valence-corrected chi connectivity index (χ3v) is 1.88. The number of aromatic nitrogens is 1. The lowest BCUT2D eigenvalue weighted by atomic mass is 10.2. The molecule has 0 saturated carbocycles. The number of halogens is 6. The van der Waals surface area contributed by atoms with E-state index < -0.39 is 40.9 Å². The maximum atomic E-state index is 12.3. The quantitative estimate of drug-likeness (QED) is 0.686. The number of aromatic carboxylic acids is 1. The highest BCUT2D eigenvalue weighted by Crippen LogP contribution is 2.34. The van der Waals surface area contributed by atoms with Gasteiger partial charge in [-0.2, -0.15) is 0 Å². The highest BCUT2D eigenvalue weighted by molar-refractivity contribution is 6.31. The number of hydrogen-bond acceptors (Lipinski definition) is 3. The molecule has 4 nitrogen and oxygen atoms in total. The van der Waals surface area contributed by atoms with Gasteiger partial charge in [0.05, 0.1) is 0 Å². The van der Waals surface area contributed by atoms with Gasteiger partial charge in [0, 0.05) is 0 Å². The first kappa shape index (κ1) is 14.4. The van der Waals surface area contributed by atoms with Crippen molar-refractivity contribution in [2.45, 2.75) is 12.8 Å². The lowest BCUT2D eigenvalue weighted by molar-refractivity contribution is -0.274. The molecule has 0 radical (unpaired) electrons. The number of carboxylic acids is 1. The summed E-state index contributed by atoms with van der Waals surface area (Å²) in [4.78, 5) is 13.6. The summed E-state index contributed by atoms with van der Waals surface area (Å²) >= 11 is 5.20. The Morgan fingerprint density at radius 1 is 1.44 bits per heavy atom. The molecule has 0 bridgehead atoms. The highest BCUT2D eigenvalue weighted by atomic mass is 35.5. The van der Waals surface area contributed by atoms with Gasteiger partial charge in [-0.3, -0.25) is 0 Å². The van der Waals surface area contributed by atoms with Gasteiger partial charge in [-0.25, -0.2) is 18.6 Å². The molecular weight excluding hydrogens is 289 g/mol. The molecule has 0 aliphatic heterocycles. The number of pyridine rings is 1. The van der Waals surface area contributed by atoms with Crippen LogP contribution in [0.15, 0.2) is 6.07 Å². The van der Waals surface area contributed by atoms with Crippen molar-refractivity contribution < 1.29 is 36.6 Å². The molecule has 10 heteroatoms. The highest BCUT2D eigenvalue weighted by Gasteiger charge is 2.35. The van der Waals surface area contributed by atoms with Gasteiger partial charge in [0.1, 0.15) is 11.3 Å². The Labute approximate surface area is 101 Å². The molecule has 1 aromatic rings. The summed E-state index contributed by atoms with van der Waals surface area (Å²) in [6.45, 7) is 0. The largest absolute Gasteiger partial charge is 0.573 e. The zero-order valence-corrected chi connectivity index (χ0v) is 8.89. The fourth-order valence-corrected chi connectivity index (χ4v) is 1.24. The van der Waals surface area contributed by atoms with E-state index >= 15 is 0 Å². The number of ether oxygens (including phenoxy) is 1. The molecule has 0 atom stereocenters. The Morgan fingerprint density at radius 3 is 2.39 bits per heavy atom. The van der Waals surface area contributed by atoms with Crippen LogP contribution in [-0.4, -0.2) is 22.4 Å². The van der Waals surface area contributed by atoms with Crippen LogP contribution in [0.25, 0.3) is 0 Å². The van der Waals surface area contributed by atoms with E-state index in [1.54, 1.807) is 0 Å². The second-order valence-electron chi connectivity index (χ2n) is 2.87. The zero-order valence-electron chi connectivity index (χ0n) is 8.13. The third-order valence-electron chi connectivity index (χ3n) is 1.62. The molecule has 0 aliphatic carbocycles. The molecular formula is C8H3ClF5NO3. The van der Waals surface area contributed by atoms with E-state index in [-0.39, 0.29) is 6.07 Å². The number of carboxylic acid groups (broad SMARTS) is 1. The smallest absolute Gasteiger partial charge is 0.478 e. The zero-order chi connectivity index (χ0) is 14.1. The second kappa shape index (κ2) is 4.92. The van der Waals surface area contributed by atoms with Crippen molar-refractivity contribution in [3.05, 3.63) is 22.5 Å². The minimum Gasteiger partial charge on any atom is -0.478 e. The molecule has 100 valence electrons. The number of carbonyl (C=O) groups is 1. The summed E-state index contributed by atoms with van der Waals surface area (Å²) in [6, 6.07) is 0.264. The predicted molar refractivity (Wildman–Crippen MR) is 47.8 cm³/mol. The van der Waals surface area contributed by atoms with E-state index in [1.807, 2.05) is 0 Å². The van der Waals surface area contributed by atoms with Crippen molar-refractivity contribution in [1.29, 1.82) is 0 Å². The van der Waals surface area contributed by atoms with Gasteiger partial charge < -0.3 is 9.84 Å². The van der Waals surface area contributed by atoms with E-state index in [0.29, 0.717) is 0 Å². The fourth-order valence-electron chi connectivity index (χ4n) is 1.00. The Balaban J connectivity index is 3.37. The Bertz CT molecular complexity index is 477. The molecule has 1 N–H and O–H groups in total. The van der Waals surface area contributed by atoms with Gasteiger partial charge >= 0.3 is 12.3 Å². The van der Waals surface area contributed by atoms with Crippen molar-refractivity contribution in [2.24, 2.45) is 0 Å². The van der Waals surface area contributed by atoms with Gasteiger partial charge in [-0.1, -0.05) is 11.6 Å². The Morgan fingerprint density at radius 2 is 2.00 bits per heavy atom. The van der Waals surface area contributed by atoms with Gasteiger partial charge in [-0.15, -0.1) is 13.2 Å². The van der Waals surface area contributed by atoms with Crippen LogP contribution in [0.1, 0.15) is 22.5 Å². The van der Waals surface area contributed by atoms with Crippen molar-refractivity contribution in [3.63, 3.8) is 0 Å². The van der Waals surface area contributed by atoms with Crippen LogP contribution in [0, 0.1) is 0 Å². The molecule has 0 aliphatic rings. The summed E-state index contributed by atoms with van der Waals surface area (Å²) in [5, 5.41) is 7.51. The van der Waals surface area contributed by atoms with Crippen LogP contribution < -0.4 is 4.74 Å². The third kappa shape index (κ3) is 3.42. The van der Waals surface area contributed by atoms with E-state index in [4.69, 9.17) is 16.7 Å². The van der Waals surface area contributed by atoms with Crippen molar-refractivity contribution in [2.75, 3.05) is 0 Å². The van der Waals surface area contributed by atoms with Gasteiger partial charge in [-0.05, 0) is 6.07 Å². The number of alkyl halides is 5. The van der Waals surface area contributed by atoms with Crippen LogP contribution in [0.3, 0.4) is 0 Å². The first-order chi connectivity index (χ1) is 8.11. The van der Waals surface area contributed by atoms with Gasteiger partial charge in [0.15, 0.2) is 10.9 Å². The summed E-state index contributed by atoms with van der Waals surface area (Å²) in [5.41, 5.74) is -2.21. The Hall–Kier alpha value is -1.64. The number of rotatable bonds is 3. The molecule has 0 aromatic carbocycles. The summed E-state index contributed by atoms with van der Waals surface area (Å²) in [7, 11) is 0. The molecule has 1 heterocycles. The molecule has 0 amide bonds. The van der Waals surface area contributed by atoms with Crippen LogP contribution in [-0.2, 0) is 0 Å². The maximum Gasteiger partial charge on any atom is 0.573 e. The van der Waals surface area contributed by atoms with Crippen LogP contribution in [0.5, 0.6) is 5.75 Å². The number of hydrogen-bond donors (Lipinski definition) is 1. The van der Waals surface area contributed by atoms with Crippen molar-refractivity contribution in [3.8, 4) is 5.75 Å². The summed E-state index contributed by atoms with van der Waals surface area (Å²) in [6.07, 6.45) is -8.40. The van der Waals surface area contributed by atoms with Gasteiger partial charge in [0.2, 0.25) is 0 Å². The van der Waals surface area contributed by atoms with Crippen molar-refractivity contribution in [1.82, 2.24) is 4.98 Å². The Kier molecular flexibility index (Phi) is 3.95. The topological polar surface area (TPSA) is 59.4 Å². The average Bonchev–Trinajstić information content (AvgIpc) is 2.18. The van der Waals surface area contributed by atoms with E-state index in [0.717, 1.165) is 0 Å². The monoisotopic (exact) mass is 291 g/mol. The molecule has 0 spiro atoms. The normalized spacial score (nSPS) is 11.7. The van der Waals surface area contributed by atoms with Crippen molar-refractivity contribution >= 4 is 17.6 Å². The number of nitrogens with zero attached hydrogens (tertiary/aromatic N) is 1. The summed E-state index contributed by atoms with van der Waals surface area (Å²) in [5.74, 6) is -3.23. The molecule has 18 heavy (non-hydrogen) atoms. The first-order valence-electron chi connectivity index (χ1n) is 4.09. The van der Waals surface area contributed by atoms with E-state index in [1.165, 1.54) is 0 Å². The fraction of sp³-hybridized carbons (Fsp3) is 0.250. The SMILES string of the molecule is O=C(O)c1cc(C(F)F)nc(Cl)c1OC(F)(F)F. The minimum absolute atomic E-state index is 0.264. The second-order valence-corrected chi connectivity index (χ2v) is 3.23. The maximum absolute atomic E-state index is 12.3. The average molecular weight is 292 g/mol. The lowest BCUT2D eigenvalue weighted by Gasteiger charge is -2.13. The summed E-state index contributed by atoms with van der Waals surface area (Å²) < 4.78 is 63.8. The molecule has 0 saturated heterocycles. The molecule has 1 aromatic heterocycles. The van der Waals surface area contributed by atoms with Crippen LogP contribution in [0.4, 0.5) is 22.0 Å². The van der Waals surface area contributed by atoms with Crippen LogP contribution >= 0.6 is 11.6 Å². The van der Waals surface area contributed by atoms with E-state index in [9.17, 15) is 26.7 Å². The minimum atomic E-state index is -5.22. The van der Waals surface area contributed by atoms with Crippen LogP contribution in [0.2, 0.25) is 5.15 Å².